The van der Waals surface area contributed by atoms with Crippen LogP contribution in [0.3, 0.4) is 0 Å². The Labute approximate surface area is 275 Å². The molecule has 2 fully saturated rings. The first kappa shape index (κ1) is 36.0. The van der Waals surface area contributed by atoms with Crippen LogP contribution in [-0.4, -0.2) is 63.4 Å². The number of nitrogens with one attached hydrogen (secondary N) is 2. The molecule has 0 radical (unpaired) electrons. The molecule has 46 heavy (non-hydrogen) atoms. The number of rotatable bonds is 15. The highest BCUT2D eigenvalue weighted by Crippen LogP contribution is 2.23. The molecule has 10 nitrogen and oxygen atoms in total. The highest BCUT2D eigenvalue weighted by molar-refractivity contribution is 7.89. The maximum atomic E-state index is 12.9. The smallest absolute Gasteiger partial charge is 0.243 e. The fourth-order valence-electron chi connectivity index (χ4n) is 6.01. The number of carbonyl (C=O) groups is 2. The van der Waals surface area contributed by atoms with E-state index in [-0.39, 0.29) is 21.6 Å². The van der Waals surface area contributed by atoms with Gasteiger partial charge in [0.25, 0.3) is 0 Å². The molecule has 0 bridgehead atoms. The van der Waals surface area contributed by atoms with Crippen LogP contribution in [0.2, 0.25) is 0 Å². The Morgan fingerprint density at radius 3 is 1.11 bits per heavy atom. The van der Waals surface area contributed by atoms with Gasteiger partial charge in [0.15, 0.2) is 0 Å². The molecule has 2 heterocycles. The van der Waals surface area contributed by atoms with Crippen LogP contribution in [0.1, 0.15) is 103 Å². The van der Waals surface area contributed by atoms with Crippen LogP contribution < -0.4 is 10.6 Å². The Morgan fingerprint density at radius 2 is 0.783 bits per heavy atom. The zero-order valence-corrected chi connectivity index (χ0v) is 28.6. The predicted octanol–water partition coefficient (Wildman–Crippen LogP) is 6.51. The van der Waals surface area contributed by atoms with Crippen molar-refractivity contribution in [1.29, 1.82) is 0 Å². The molecule has 0 unspecified atom stereocenters. The molecule has 2 saturated heterocycles. The number of nitrogens with zero attached hydrogens (tertiary/aromatic N) is 2. The van der Waals surface area contributed by atoms with Gasteiger partial charge in [-0.05, 0) is 87.1 Å². The second-order valence-electron chi connectivity index (χ2n) is 12.4. The van der Waals surface area contributed by atoms with E-state index in [4.69, 9.17) is 0 Å². The minimum Gasteiger partial charge on any atom is -0.326 e. The van der Waals surface area contributed by atoms with Crippen molar-refractivity contribution in [2.45, 2.75) is 113 Å². The zero-order valence-electron chi connectivity index (χ0n) is 26.9. The summed E-state index contributed by atoms with van der Waals surface area (Å²) in [4.78, 5) is 25.3. The summed E-state index contributed by atoms with van der Waals surface area (Å²) in [5.41, 5.74) is 1.18. The zero-order chi connectivity index (χ0) is 32.8. The number of sulfonamides is 2. The van der Waals surface area contributed by atoms with Gasteiger partial charge >= 0.3 is 0 Å². The highest BCUT2D eigenvalue weighted by Gasteiger charge is 2.26. The lowest BCUT2D eigenvalue weighted by Crippen LogP contribution is -2.31. The van der Waals surface area contributed by atoms with Crippen LogP contribution >= 0.6 is 0 Å². The van der Waals surface area contributed by atoms with Crippen LogP contribution in [0.25, 0.3) is 0 Å². The van der Waals surface area contributed by atoms with Gasteiger partial charge in [0.2, 0.25) is 31.9 Å². The van der Waals surface area contributed by atoms with E-state index in [1.165, 1.54) is 0 Å². The third kappa shape index (κ3) is 10.9. The molecule has 2 aliphatic rings. The third-order valence-corrected chi connectivity index (χ3v) is 12.6. The summed E-state index contributed by atoms with van der Waals surface area (Å²) in [5.74, 6) is -0.181. The highest BCUT2D eigenvalue weighted by atomic mass is 32.2. The monoisotopic (exact) mass is 674 g/mol. The van der Waals surface area contributed by atoms with Gasteiger partial charge in [0.1, 0.15) is 0 Å². The summed E-state index contributed by atoms with van der Waals surface area (Å²) in [5, 5.41) is 5.72. The third-order valence-electron chi connectivity index (χ3n) is 8.74. The fraction of sp³-hybridized carbons (Fsp3) is 0.588. The second-order valence-corrected chi connectivity index (χ2v) is 16.3. The Hall–Kier alpha value is -2.80. The van der Waals surface area contributed by atoms with Crippen molar-refractivity contribution >= 4 is 43.2 Å². The van der Waals surface area contributed by atoms with Gasteiger partial charge in [-0.3, -0.25) is 9.59 Å². The number of amides is 2. The molecule has 2 amide bonds. The molecule has 12 heteroatoms. The summed E-state index contributed by atoms with van der Waals surface area (Å²) < 4.78 is 54.9. The number of unbranched alkanes of at least 4 members (excludes halogenated alkanes) is 5. The van der Waals surface area contributed by atoms with Crippen molar-refractivity contribution in [3.63, 3.8) is 0 Å². The molecule has 2 aliphatic heterocycles. The van der Waals surface area contributed by atoms with Gasteiger partial charge < -0.3 is 10.6 Å². The molecule has 2 aromatic carbocycles. The largest absolute Gasteiger partial charge is 0.326 e. The average Bonchev–Trinajstić information content (AvgIpc) is 3.50. The van der Waals surface area contributed by atoms with Gasteiger partial charge in [-0.25, -0.2) is 16.8 Å². The van der Waals surface area contributed by atoms with E-state index in [9.17, 15) is 26.4 Å². The number of hydrogen-bond acceptors (Lipinski definition) is 6. The van der Waals surface area contributed by atoms with Crippen LogP contribution in [0.5, 0.6) is 0 Å². The molecule has 0 spiro atoms. The Morgan fingerprint density at radius 1 is 0.478 bits per heavy atom. The first-order valence-electron chi connectivity index (χ1n) is 17.0. The van der Waals surface area contributed by atoms with E-state index in [2.05, 4.69) is 10.6 Å². The first-order chi connectivity index (χ1) is 22.2. The normalized spacial score (nSPS) is 17.1. The first-order valence-corrected chi connectivity index (χ1v) is 19.8. The van der Waals surface area contributed by atoms with E-state index >= 15 is 0 Å². The summed E-state index contributed by atoms with van der Waals surface area (Å²) in [6.45, 7) is 2.23. The lowest BCUT2D eigenvalue weighted by Gasteiger charge is -2.20. The van der Waals surface area contributed by atoms with Crippen LogP contribution in [0, 0.1) is 0 Å². The van der Waals surface area contributed by atoms with Gasteiger partial charge in [-0.1, -0.05) is 51.4 Å². The Balaban J connectivity index is 1.06. The van der Waals surface area contributed by atoms with E-state index in [0.29, 0.717) is 50.4 Å². The van der Waals surface area contributed by atoms with E-state index in [1.807, 2.05) is 0 Å². The molecule has 2 N–H and O–H groups in total. The van der Waals surface area contributed by atoms with Crippen molar-refractivity contribution < 1.29 is 26.4 Å². The molecule has 0 aromatic heterocycles. The van der Waals surface area contributed by atoms with Crippen LogP contribution in [-0.2, 0) is 29.6 Å². The van der Waals surface area contributed by atoms with E-state index in [0.717, 1.165) is 89.9 Å². The van der Waals surface area contributed by atoms with Crippen molar-refractivity contribution in [2.24, 2.45) is 0 Å². The van der Waals surface area contributed by atoms with Crippen LogP contribution in [0.4, 0.5) is 11.4 Å². The standard InChI is InChI=1S/C34H50N4O6S2/c39-33(35-29-17-21-31(22-18-29)45(41,42)37-25-11-5-6-12-26-37)15-9-3-1-2-4-10-16-34(40)36-30-19-23-32(24-20-30)46(43,44)38-27-13-7-8-14-28-38/h17-24H,1-16,25-28H2,(H,35,39)(H,36,40). The second kappa shape index (κ2) is 17.9. The lowest BCUT2D eigenvalue weighted by atomic mass is 10.1. The minimum absolute atomic E-state index is 0.0904. The minimum atomic E-state index is -3.51. The summed E-state index contributed by atoms with van der Waals surface area (Å²) in [6, 6.07) is 12.9. The molecule has 0 saturated carbocycles. The van der Waals surface area contributed by atoms with Gasteiger partial charge in [-0.2, -0.15) is 8.61 Å². The molecule has 2 aromatic rings. The lowest BCUT2D eigenvalue weighted by molar-refractivity contribution is -0.117. The number of anilines is 2. The molecular weight excluding hydrogens is 625 g/mol. The molecule has 0 aliphatic carbocycles. The van der Waals surface area contributed by atoms with Gasteiger partial charge in [-0.15, -0.1) is 0 Å². The Kier molecular flexibility index (Phi) is 14.1. The molecule has 0 atom stereocenters. The Bertz CT molecular complexity index is 1350. The SMILES string of the molecule is O=C(CCCCCCCCC(=O)Nc1ccc(S(=O)(=O)N2CCCCCC2)cc1)Nc1ccc(S(=O)(=O)N2CCCCCC2)cc1. The maximum Gasteiger partial charge on any atom is 0.243 e. The molecule has 254 valence electrons. The van der Waals surface area contributed by atoms with E-state index < -0.39 is 20.0 Å². The van der Waals surface area contributed by atoms with Crippen molar-refractivity contribution in [3.8, 4) is 0 Å². The van der Waals surface area contributed by atoms with Crippen molar-refractivity contribution in [2.75, 3.05) is 36.8 Å². The number of carbonyl (C=O) groups excluding carboxylic acids is 2. The fourth-order valence-corrected chi connectivity index (χ4v) is 9.04. The average molecular weight is 675 g/mol. The van der Waals surface area contributed by atoms with Crippen LogP contribution in [0.15, 0.2) is 58.3 Å². The van der Waals surface area contributed by atoms with Crippen molar-refractivity contribution in [3.05, 3.63) is 48.5 Å². The predicted molar refractivity (Wildman–Crippen MR) is 182 cm³/mol. The number of hydrogen-bond donors (Lipinski definition) is 2. The summed E-state index contributed by atoms with van der Waals surface area (Å²) in [6.07, 6.45) is 13.9. The van der Waals surface area contributed by atoms with E-state index in [1.54, 1.807) is 57.1 Å². The summed E-state index contributed by atoms with van der Waals surface area (Å²) >= 11 is 0. The van der Waals surface area contributed by atoms with Gasteiger partial charge in [0, 0.05) is 50.4 Å². The number of benzene rings is 2. The molecule has 4 rings (SSSR count). The van der Waals surface area contributed by atoms with Crippen molar-refractivity contribution in [1.82, 2.24) is 8.61 Å². The quantitative estimate of drug-likeness (QED) is 0.207. The summed E-state index contributed by atoms with van der Waals surface area (Å²) in [7, 11) is -7.02. The maximum absolute atomic E-state index is 12.9. The topological polar surface area (TPSA) is 133 Å². The molecular formula is C34H50N4O6S2. The van der Waals surface area contributed by atoms with Gasteiger partial charge in [0.05, 0.1) is 9.79 Å².